The molecule has 1 N–H and O–H groups in total. The standard InChI is InChI=1S/C14H20N2O/c1-11(13-9-5-6-10-15-13)16-14(17)12-7-3-2-4-8-12/h5-6,9-12H,2-4,7-8H2,1H3,(H,16,17)/t11-/m1/s1. The van der Waals surface area contributed by atoms with Crippen LogP contribution in [-0.2, 0) is 4.79 Å². The molecule has 92 valence electrons. The second-order valence-electron chi connectivity index (χ2n) is 4.82. The molecule has 1 saturated carbocycles. The summed E-state index contributed by atoms with van der Waals surface area (Å²) in [6, 6.07) is 5.79. The summed E-state index contributed by atoms with van der Waals surface area (Å²) < 4.78 is 0. The third kappa shape index (κ3) is 3.29. The summed E-state index contributed by atoms with van der Waals surface area (Å²) in [7, 11) is 0. The molecule has 3 nitrogen and oxygen atoms in total. The highest BCUT2D eigenvalue weighted by atomic mass is 16.1. The van der Waals surface area contributed by atoms with Gasteiger partial charge in [0.2, 0.25) is 5.91 Å². The van der Waals surface area contributed by atoms with E-state index >= 15 is 0 Å². The van der Waals surface area contributed by atoms with Gasteiger partial charge in [-0.25, -0.2) is 0 Å². The number of aromatic nitrogens is 1. The van der Waals surface area contributed by atoms with Crippen LogP contribution >= 0.6 is 0 Å². The minimum atomic E-state index is 0.00521. The summed E-state index contributed by atoms with van der Waals surface area (Å²) in [5.74, 6) is 0.415. The van der Waals surface area contributed by atoms with Crippen molar-refractivity contribution in [1.82, 2.24) is 10.3 Å². The van der Waals surface area contributed by atoms with Crippen molar-refractivity contribution in [3.8, 4) is 0 Å². The van der Waals surface area contributed by atoms with Crippen LogP contribution < -0.4 is 5.32 Å². The van der Waals surface area contributed by atoms with Crippen LogP contribution in [0, 0.1) is 5.92 Å². The van der Waals surface area contributed by atoms with Crippen LogP contribution in [0.5, 0.6) is 0 Å². The molecule has 0 saturated heterocycles. The van der Waals surface area contributed by atoms with E-state index in [9.17, 15) is 4.79 Å². The van der Waals surface area contributed by atoms with Crippen molar-refractivity contribution < 1.29 is 4.79 Å². The molecule has 0 unspecified atom stereocenters. The number of amides is 1. The van der Waals surface area contributed by atoms with Crippen molar-refractivity contribution in [2.75, 3.05) is 0 Å². The molecule has 1 aliphatic carbocycles. The lowest BCUT2D eigenvalue weighted by Gasteiger charge is -2.23. The molecule has 1 atom stereocenters. The maximum Gasteiger partial charge on any atom is 0.223 e. The number of nitrogens with one attached hydrogen (secondary N) is 1. The third-order valence-corrected chi connectivity index (χ3v) is 3.47. The normalized spacial score (nSPS) is 18.6. The molecule has 1 aromatic rings. The molecule has 1 amide bonds. The van der Waals surface area contributed by atoms with E-state index in [1.807, 2.05) is 25.1 Å². The lowest BCUT2D eigenvalue weighted by atomic mass is 9.88. The van der Waals surface area contributed by atoms with Gasteiger partial charge in [-0.05, 0) is 31.9 Å². The number of hydrogen-bond donors (Lipinski definition) is 1. The van der Waals surface area contributed by atoms with E-state index in [2.05, 4.69) is 10.3 Å². The largest absolute Gasteiger partial charge is 0.348 e. The Bertz CT molecular complexity index is 358. The van der Waals surface area contributed by atoms with E-state index < -0.39 is 0 Å². The maximum absolute atomic E-state index is 12.0. The first-order chi connectivity index (χ1) is 8.27. The van der Waals surface area contributed by atoms with Crippen LogP contribution in [0.3, 0.4) is 0 Å². The zero-order valence-electron chi connectivity index (χ0n) is 10.4. The zero-order valence-corrected chi connectivity index (χ0v) is 10.4. The molecular formula is C14H20N2O. The van der Waals surface area contributed by atoms with Gasteiger partial charge in [0.25, 0.3) is 0 Å². The van der Waals surface area contributed by atoms with Gasteiger partial charge in [0, 0.05) is 12.1 Å². The van der Waals surface area contributed by atoms with E-state index in [0.29, 0.717) is 0 Å². The number of hydrogen-bond acceptors (Lipinski definition) is 2. The van der Waals surface area contributed by atoms with Crippen LogP contribution in [0.25, 0.3) is 0 Å². The average Bonchev–Trinajstić information content (AvgIpc) is 2.40. The molecular weight excluding hydrogens is 212 g/mol. The van der Waals surface area contributed by atoms with Gasteiger partial charge in [-0.3, -0.25) is 9.78 Å². The first-order valence-corrected chi connectivity index (χ1v) is 6.48. The topological polar surface area (TPSA) is 42.0 Å². The van der Waals surface area contributed by atoms with Gasteiger partial charge in [-0.2, -0.15) is 0 Å². The van der Waals surface area contributed by atoms with Gasteiger partial charge in [0.05, 0.1) is 11.7 Å². The van der Waals surface area contributed by atoms with Crippen molar-refractivity contribution in [3.05, 3.63) is 30.1 Å². The number of carbonyl (C=O) groups excluding carboxylic acids is 1. The Labute approximate surface area is 103 Å². The number of carbonyl (C=O) groups is 1. The van der Waals surface area contributed by atoms with Crippen molar-refractivity contribution in [1.29, 1.82) is 0 Å². The second-order valence-corrected chi connectivity index (χ2v) is 4.82. The monoisotopic (exact) mass is 232 g/mol. The van der Waals surface area contributed by atoms with E-state index in [0.717, 1.165) is 18.5 Å². The van der Waals surface area contributed by atoms with Crippen LogP contribution in [0.2, 0.25) is 0 Å². The van der Waals surface area contributed by atoms with Crippen LogP contribution in [-0.4, -0.2) is 10.9 Å². The van der Waals surface area contributed by atoms with Gasteiger partial charge in [0.15, 0.2) is 0 Å². The van der Waals surface area contributed by atoms with Gasteiger partial charge < -0.3 is 5.32 Å². The Hall–Kier alpha value is -1.38. The minimum Gasteiger partial charge on any atom is -0.348 e. The zero-order chi connectivity index (χ0) is 12.1. The van der Waals surface area contributed by atoms with E-state index in [1.165, 1.54) is 19.3 Å². The quantitative estimate of drug-likeness (QED) is 0.870. The lowest BCUT2D eigenvalue weighted by Crippen LogP contribution is -2.34. The molecule has 2 rings (SSSR count). The molecule has 1 heterocycles. The molecule has 0 aromatic carbocycles. The van der Waals surface area contributed by atoms with Crippen molar-refractivity contribution in [2.45, 2.75) is 45.1 Å². The fourth-order valence-corrected chi connectivity index (χ4v) is 2.40. The predicted octanol–water partition coefficient (Wildman–Crippen LogP) is 2.84. The highest BCUT2D eigenvalue weighted by molar-refractivity contribution is 5.79. The Morgan fingerprint density at radius 1 is 1.35 bits per heavy atom. The molecule has 17 heavy (non-hydrogen) atoms. The fourth-order valence-electron chi connectivity index (χ4n) is 2.40. The van der Waals surface area contributed by atoms with E-state index in [-0.39, 0.29) is 17.9 Å². The van der Waals surface area contributed by atoms with Crippen LogP contribution in [0.15, 0.2) is 24.4 Å². The van der Waals surface area contributed by atoms with Crippen LogP contribution in [0.1, 0.15) is 50.8 Å². The molecule has 0 bridgehead atoms. The highest BCUT2D eigenvalue weighted by Crippen LogP contribution is 2.24. The lowest BCUT2D eigenvalue weighted by molar-refractivity contribution is -0.126. The number of nitrogens with zero attached hydrogens (tertiary/aromatic N) is 1. The second kappa shape index (κ2) is 5.80. The molecule has 1 aromatic heterocycles. The van der Waals surface area contributed by atoms with Crippen LogP contribution in [0.4, 0.5) is 0 Å². The van der Waals surface area contributed by atoms with Crippen molar-refractivity contribution in [2.24, 2.45) is 5.92 Å². The Morgan fingerprint density at radius 3 is 2.76 bits per heavy atom. The van der Waals surface area contributed by atoms with Gasteiger partial charge in [0.1, 0.15) is 0 Å². The molecule has 3 heteroatoms. The SMILES string of the molecule is C[C@@H](NC(=O)C1CCCCC1)c1ccccn1. The fraction of sp³-hybridized carbons (Fsp3) is 0.571. The summed E-state index contributed by atoms with van der Waals surface area (Å²) in [5, 5.41) is 3.06. The van der Waals surface area contributed by atoms with E-state index in [4.69, 9.17) is 0 Å². The Kier molecular flexibility index (Phi) is 4.13. The minimum absolute atomic E-state index is 0.00521. The van der Waals surface area contributed by atoms with Gasteiger partial charge >= 0.3 is 0 Å². The molecule has 0 radical (unpaired) electrons. The Balaban J connectivity index is 1.89. The molecule has 1 aliphatic rings. The van der Waals surface area contributed by atoms with E-state index in [1.54, 1.807) is 6.20 Å². The molecule has 1 fully saturated rings. The molecule has 0 spiro atoms. The average molecular weight is 232 g/mol. The summed E-state index contributed by atoms with van der Waals surface area (Å²) in [4.78, 5) is 16.3. The first kappa shape index (κ1) is 12.1. The Morgan fingerprint density at radius 2 is 2.12 bits per heavy atom. The molecule has 0 aliphatic heterocycles. The number of pyridine rings is 1. The summed E-state index contributed by atoms with van der Waals surface area (Å²) in [6.45, 7) is 1.99. The predicted molar refractivity (Wildman–Crippen MR) is 67.4 cm³/mol. The smallest absolute Gasteiger partial charge is 0.223 e. The van der Waals surface area contributed by atoms with Gasteiger partial charge in [-0.15, -0.1) is 0 Å². The van der Waals surface area contributed by atoms with Crippen molar-refractivity contribution in [3.63, 3.8) is 0 Å². The summed E-state index contributed by atoms with van der Waals surface area (Å²) in [6.07, 6.45) is 7.51. The highest BCUT2D eigenvalue weighted by Gasteiger charge is 2.22. The number of rotatable bonds is 3. The third-order valence-electron chi connectivity index (χ3n) is 3.47. The summed E-state index contributed by atoms with van der Waals surface area (Å²) >= 11 is 0. The van der Waals surface area contributed by atoms with Crippen molar-refractivity contribution >= 4 is 5.91 Å². The summed E-state index contributed by atoms with van der Waals surface area (Å²) in [5.41, 5.74) is 0.927. The van der Waals surface area contributed by atoms with Gasteiger partial charge in [-0.1, -0.05) is 25.3 Å². The maximum atomic E-state index is 12.0. The first-order valence-electron chi connectivity index (χ1n) is 6.48.